The molecule has 29 heteroatoms. The van der Waals surface area contributed by atoms with Gasteiger partial charge in [0.15, 0.2) is 0 Å². The molecule has 0 saturated carbocycles. The standard InChI is InChI=1S/C22H40O7.C21H32O9.C19H37NO7.C12H24O.C10H18O2.C8H16O2/c1-18(2)21(24)8-7-20(23)6-5-10-26-12-14-28-16-17-29-15-13-27-11-9-22(25)19(3)4;1-11(2)9-27-15-7-14(6-5-13(15)10-28-20(26)12(3)4)29-21-19(25)18(24)17(23)16(8-22)30-21;1-16(2)15-27-19(22)20-6-8-24-10-12-26-14-13-25-11-9-23-7-5-18(21)17(3)4;1-10(2)8-6-5-7-9-12(13)11(3)4;1-7(2)9(11)5-6-10(12)8(3)4;1-6(2)5-10-8(9)7(3)4/h18-19H,5-17H2,1-4H3;5-7,11-12,16-19,21-25H,8-10H2,1-4H3;16-17H,5-15H2,1-4H3,(H,20,22);10-11H,5-9H2,1-4H3;7-8H,5-6H2,1-4H3;6-7H,5H2,1-4H3/t;16-,17-,18+,19-,21-;;;;/m.1..../s1. The third kappa shape index (κ3) is 74.2. The van der Waals surface area contributed by atoms with E-state index < -0.39 is 43.4 Å². The zero-order chi connectivity index (χ0) is 92.8. The normalized spacial score (nSPS) is 15.0. The van der Waals surface area contributed by atoms with Gasteiger partial charge in [-0.1, -0.05) is 185 Å². The van der Waals surface area contributed by atoms with Gasteiger partial charge < -0.3 is 92.1 Å². The van der Waals surface area contributed by atoms with Gasteiger partial charge in [-0.25, -0.2) is 4.79 Å². The third-order valence-electron chi connectivity index (χ3n) is 17.4. The van der Waals surface area contributed by atoms with Crippen molar-refractivity contribution in [3.63, 3.8) is 0 Å². The highest BCUT2D eigenvalue weighted by molar-refractivity contribution is 5.88. The minimum absolute atomic E-state index is 0.00116. The fraction of sp³-hybridized carbons (Fsp3) is 0.826. The molecule has 1 aliphatic heterocycles. The summed E-state index contributed by atoms with van der Waals surface area (Å²) in [5.74, 6) is 3.80. The molecule has 1 aromatic rings. The molecule has 1 aromatic carbocycles. The number of aliphatic hydroxyl groups is 4. The molecule has 121 heavy (non-hydrogen) atoms. The molecule has 708 valence electrons. The fourth-order valence-corrected chi connectivity index (χ4v) is 9.30. The Morgan fingerprint density at radius 3 is 1.15 bits per heavy atom. The van der Waals surface area contributed by atoms with Crippen LogP contribution in [0.4, 0.5) is 4.79 Å². The molecule has 0 radical (unpaired) electrons. The average Bonchev–Trinajstić information content (AvgIpc) is 0.807. The molecule has 0 unspecified atom stereocenters. The number of rotatable bonds is 63. The molecule has 1 aliphatic rings. The first-order valence-corrected chi connectivity index (χ1v) is 44.2. The summed E-state index contributed by atoms with van der Waals surface area (Å²) in [6.07, 6.45) is 1.89. The SMILES string of the molecule is CC(C)C(=O)CCC(=O)C(C)C.CC(C)C(=O)CCOCCOCCOCCOCCCC(=O)CCC(=O)C(C)C.CC(C)CCCCCC(=O)C(C)C.CC(C)COC(=O)C(C)C.CC(C)COC(=O)NCCOCCOCCOCCOCCC(=O)C(C)C.CC(C)COc1cc(O[C@@H]2O[C@H](CO)[C@@H](O)[C@H](O)[C@H]2O)ccc1COC(=O)C(C)C. The lowest BCUT2D eigenvalue weighted by molar-refractivity contribution is -0.277. The Hall–Kier alpha value is -5.80. The number of nitrogens with one attached hydrogen (secondary N) is 1. The first-order valence-electron chi connectivity index (χ1n) is 44.2. The van der Waals surface area contributed by atoms with E-state index in [1.165, 1.54) is 19.3 Å². The van der Waals surface area contributed by atoms with Gasteiger partial charge >= 0.3 is 18.0 Å². The number of Topliss-reactive ketones (excluding diaryl/α,β-unsaturated/α-hetero) is 7. The van der Waals surface area contributed by atoms with E-state index in [0.29, 0.717) is 212 Å². The largest absolute Gasteiger partial charge is 0.493 e. The predicted octanol–water partition coefficient (Wildman–Crippen LogP) is 13.5. The van der Waals surface area contributed by atoms with E-state index in [4.69, 9.17) is 66.3 Å². The Balaban J connectivity index is -0.000000711. The van der Waals surface area contributed by atoms with Crippen molar-refractivity contribution in [2.45, 2.75) is 287 Å². The molecule has 1 heterocycles. The quantitative estimate of drug-likeness (QED) is 0.0230. The van der Waals surface area contributed by atoms with Crippen LogP contribution in [0.3, 0.4) is 0 Å². The van der Waals surface area contributed by atoms with E-state index in [1.54, 1.807) is 32.0 Å². The van der Waals surface area contributed by atoms with Crippen molar-refractivity contribution >= 4 is 58.5 Å². The summed E-state index contributed by atoms with van der Waals surface area (Å²) >= 11 is 0. The van der Waals surface area contributed by atoms with Crippen LogP contribution in [0.15, 0.2) is 18.2 Å². The summed E-state index contributed by atoms with van der Waals surface area (Å²) in [5.41, 5.74) is 0.644. The van der Waals surface area contributed by atoms with Gasteiger partial charge in [-0.15, -0.1) is 0 Å². The summed E-state index contributed by atoms with van der Waals surface area (Å²) in [4.78, 5) is 113. The van der Waals surface area contributed by atoms with Crippen molar-refractivity contribution in [2.75, 3.05) is 139 Å². The molecular weight excluding hydrogens is 1570 g/mol. The molecule has 1 fully saturated rings. The second-order valence-corrected chi connectivity index (χ2v) is 33.9. The smallest absolute Gasteiger partial charge is 0.407 e. The lowest BCUT2D eigenvalue weighted by Crippen LogP contribution is -2.60. The van der Waals surface area contributed by atoms with Crippen molar-refractivity contribution in [3.05, 3.63) is 23.8 Å². The lowest BCUT2D eigenvalue weighted by Gasteiger charge is -2.39. The van der Waals surface area contributed by atoms with Gasteiger partial charge in [-0.2, -0.15) is 0 Å². The number of alkyl carbamates (subject to hydrolysis) is 1. The van der Waals surface area contributed by atoms with Crippen LogP contribution in [0.5, 0.6) is 11.5 Å². The Labute approximate surface area is 727 Å². The molecule has 0 spiro atoms. The number of amides is 1. The van der Waals surface area contributed by atoms with Gasteiger partial charge in [0.2, 0.25) is 6.29 Å². The van der Waals surface area contributed by atoms with Crippen LogP contribution in [-0.4, -0.2) is 248 Å². The molecule has 1 saturated heterocycles. The zero-order valence-corrected chi connectivity index (χ0v) is 78.9. The van der Waals surface area contributed by atoms with Gasteiger partial charge in [0.1, 0.15) is 83.0 Å². The van der Waals surface area contributed by atoms with Crippen molar-refractivity contribution in [1.82, 2.24) is 5.32 Å². The molecule has 5 N–H and O–H groups in total. The molecule has 2 rings (SSSR count). The monoisotopic (exact) mass is 1730 g/mol. The van der Waals surface area contributed by atoms with E-state index in [2.05, 4.69) is 19.2 Å². The van der Waals surface area contributed by atoms with Crippen LogP contribution >= 0.6 is 0 Å². The number of carbonyl (C=O) groups is 10. The number of esters is 2. The first-order chi connectivity index (χ1) is 56.9. The Morgan fingerprint density at radius 2 is 0.744 bits per heavy atom. The second kappa shape index (κ2) is 77.7. The van der Waals surface area contributed by atoms with Crippen LogP contribution in [0.1, 0.15) is 255 Å². The molecule has 0 aromatic heterocycles. The summed E-state index contributed by atoms with van der Waals surface area (Å²) in [6.45, 7) is 55.1. The van der Waals surface area contributed by atoms with Crippen LogP contribution in [0, 0.1) is 71.0 Å². The highest BCUT2D eigenvalue weighted by Crippen LogP contribution is 2.30. The lowest BCUT2D eigenvalue weighted by atomic mass is 9.99. The Kier molecular flexibility index (Phi) is 78.1. The fourth-order valence-electron chi connectivity index (χ4n) is 9.30. The number of ketones is 7. The van der Waals surface area contributed by atoms with Crippen molar-refractivity contribution < 1.29 is 135 Å². The highest BCUT2D eigenvalue weighted by Gasteiger charge is 2.45. The van der Waals surface area contributed by atoms with Gasteiger partial charge in [0.05, 0.1) is 137 Å². The molecule has 5 atom stereocenters. The second-order valence-electron chi connectivity index (χ2n) is 33.9. The van der Waals surface area contributed by atoms with Crippen LogP contribution < -0.4 is 14.8 Å². The Bertz CT molecular complexity index is 2800. The summed E-state index contributed by atoms with van der Waals surface area (Å²) in [6, 6.07) is 4.83. The molecule has 29 nitrogen and oxygen atoms in total. The van der Waals surface area contributed by atoms with E-state index in [1.807, 2.05) is 138 Å². The molecule has 0 bridgehead atoms. The topological polar surface area (TPSA) is 393 Å². The number of hydrogen-bond donors (Lipinski definition) is 5. The van der Waals surface area contributed by atoms with E-state index in [9.17, 15) is 68.4 Å². The number of aliphatic hydroxyl groups excluding tert-OH is 4. The predicted molar refractivity (Wildman–Crippen MR) is 466 cm³/mol. The number of carbonyl (C=O) groups excluding carboxylic acids is 10. The van der Waals surface area contributed by atoms with Crippen LogP contribution in [0.2, 0.25) is 0 Å². The van der Waals surface area contributed by atoms with Crippen molar-refractivity contribution in [2.24, 2.45) is 71.0 Å². The van der Waals surface area contributed by atoms with E-state index >= 15 is 0 Å². The number of benzene rings is 1. The van der Waals surface area contributed by atoms with Gasteiger partial charge in [0, 0.05) is 112 Å². The van der Waals surface area contributed by atoms with Crippen LogP contribution in [-0.2, 0) is 107 Å². The van der Waals surface area contributed by atoms with E-state index in [0.717, 1.165) is 18.8 Å². The molecule has 1 amide bonds. The Morgan fingerprint density at radius 1 is 0.364 bits per heavy atom. The molecular formula is C92H167NO28. The maximum atomic E-state index is 11.8. The number of ether oxygens (including phenoxy) is 14. The molecule has 0 aliphatic carbocycles. The van der Waals surface area contributed by atoms with Crippen molar-refractivity contribution in [1.29, 1.82) is 0 Å². The number of unbranched alkanes of at least 4 members (excludes halogenated alkanes) is 2. The maximum absolute atomic E-state index is 11.8. The minimum atomic E-state index is -1.53. The highest BCUT2D eigenvalue weighted by atomic mass is 16.7. The van der Waals surface area contributed by atoms with Crippen molar-refractivity contribution in [3.8, 4) is 11.5 Å². The summed E-state index contributed by atoms with van der Waals surface area (Å²) in [7, 11) is 0. The van der Waals surface area contributed by atoms with Gasteiger partial charge in [-0.3, -0.25) is 43.2 Å². The number of hydrogen-bond acceptors (Lipinski definition) is 28. The third-order valence-corrected chi connectivity index (χ3v) is 17.4. The first kappa shape index (κ1) is 121. The summed E-state index contributed by atoms with van der Waals surface area (Å²) in [5, 5.41) is 41.8. The average molecular weight is 1740 g/mol. The minimum Gasteiger partial charge on any atom is -0.493 e. The van der Waals surface area contributed by atoms with Gasteiger partial charge in [0.25, 0.3) is 0 Å². The van der Waals surface area contributed by atoms with E-state index in [-0.39, 0.29) is 112 Å². The zero-order valence-electron chi connectivity index (χ0n) is 78.9. The van der Waals surface area contributed by atoms with Crippen LogP contribution in [0.25, 0.3) is 0 Å². The summed E-state index contributed by atoms with van der Waals surface area (Å²) < 4.78 is 74.9. The van der Waals surface area contributed by atoms with Gasteiger partial charge in [-0.05, 0) is 48.6 Å². The maximum Gasteiger partial charge on any atom is 0.407 e.